The molecule has 1 aromatic rings. The number of hydrogen-bond acceptors (Lipinski definition) is 4. The Labute approximate surface area is 100 Å². The zero-order valence-electron chi connectivity index (χ0n) is 9.76. The fraction of sp³-hybridized carbons (Fsp3) is 0.583. The molecule has 0 unspecified atom stereocenters. The zero-order chi connectivity index (χ0) is 12.1. The topological polar surface area (TPSA) is 68.1 Å². The average Bonchev–Trinajstić information content (AvgIpc) is 2.38. The lowest BCUT2D eigenvalue weighted by Crippen LogP contribution is -2.17. The van der Waals surface area contributed by atoms with Crippen molar-refractivity contribution >= 4 is 11.4 Å². The third kappa shape index (κ3) is 3.15. The SMILES string of the molecule is O=[N+]([O-])c1cnccc1NCC1CCCCC1. The van der Waals surface area contributed by atoms with Crippen molar-refractivity contribution in [3.63, 3.8) is 0 Å². The van der Waals surface area contributed by atoms with E-state index < -0.39 is 4.92 Å². The van der Waals surface area contributed by atoms with Gasteiger partial charge in [-0.25, -0.2) is 0 Å². The number of anilines is 1. The monoisotopic (exact) mass is 235 g/mol. The number of nitrogens with one attached hydrogen (secondary N) is 1. The van der Waals surface area contributed by atoms with Gasteiger partial charge in [-0.1, -0.05) is 19.3 Å². The molecule has 17 heavy (non-hydrogen) atoms. The van der Waals surface area contributed by atoms with Crippen LogP contribution in [0.2, 0.25) is 0 Å². The van der Waals surface area contributed by atoms with Crippen molar-refractivity contribution in [3.8, 4) is 0 Å². The Balaban J connectivity index is 1.96. The second kappa shape index (κ2) is 5.61. The van der Waals surface area contributed by atoms with Gasteiger partial charge in [0.2, 0.25) is 0 Å². The van der Waals surface area contributed by atoms with E-state index in [2.05, 4.69) is 10.3 Å². The number of hydrogen-bond donors (Lipinski definition) is 1. The van der Waals surface area contributed by atoms with Crippen LogP contribution in [0.3, 0.4) is 0 Å². The molecule has 0 aliphatic heterocycles. The van der Waals surface area contributed by atoms with E-state index in [4.69, 9.17) is 0 Å². The Bertz CT molecular complexity index is 389. The normalized spacial score (nSPS) is 16.7. The van der Waals surface area contributed by atoms with Crippen LogP contribution in [0.25, 0.3) is 0 Å². The minimum atomic E-state index is -0.393. The van der Waals surface area contributed by atoms with Crippen molar-refractivity contribution in [2.75, 3.05) is 11.9 Å². The summed E-state index contributed by atoms with van der Waals surface area (Å²) >= 11 is 0. The summed E-state index contributed by atoms with van der Waals surface area (Å²) < 4.78 is 0. The van der Waals surface area contributed by atoms with Gasteiger partial charge in [-0.15, -0.1) is 0 Å². The standard InChI is InChI=1S/C12H17N3O2/c16-15(17)12-9-13-7-6-11(12)14-8-10-4-2-1-3-5-10/h6-7,9-10H,1-5,8H2,(H,13,14). The smallest absolute Gasteiger partial charge is 0.310 e. The van der Waals surface area contributed by atoms with E-state index in [-0.39, 0.29) is 5.69 Å². The molecule has 1 N–H and O–H groups in total. The molecular weight excluding hydrogens is 218 g/mol. The summed E-state index contributed by atoms with van der Waals surface area (Å²) in [5.41, 5.74) is 0.638. The maximum absolute atomic E-state index is 10.8. The highest BCUT2D eigenvalue weighted by Gasteiger charge is 2.16. The van der Waals surface area contributed by atoms with Crippen LogP contribution in [0.1, 0.15) is 32.1 Å². The third-order valence-corrected chi connectivity index (χ3v) is 3.30. The molecule has 0 bridgehead atoms. The Morgan fingerprint density at radius 1 is 1.41 bits per heavy atom. The molecule has 1 aliphatic rings. The second-order valence-corrected chi connectivity index (χ2v) is 4.53. The van der Waals surface area contributed by atoms with Crippen LogP contribution in [0.15, 0.2) is 18.5 Å². The molecule has 5 heteroatoms. The molecule has 2 rings (SSSR count). The van der Waals surface area contributed by atoms with Crippen LogP contribution in [0.4, 0.5) is 11.4 Å². The van der Waals surface area contributed by atoms with Crippen LogP contribution in [0.5, 0.6) is 0 Å². The molecule has 92 valence electrons. The van der Waals surface area contributed by atoms with Gasteiger partial charge in [-0.05, 0) is 24.8 Å². The van der Waals surface area contributed by atoms with E-state index in [1.807, 2.05) is 0 Å². The molecule has 1 heterocycles. The van der Waals surface area contributed by atoms with Crippen molar-refractivity contribution < 1.29 is 4.92 Å². The molecule has 0 aromatic carbocycles. The summed E-state index contributed by atoms with van der Waals surface area (Å²) in [6.45, 7) is 0.824. The lowest BCUT2D eigenvalue weighted by molar-refractivity contribution is -0.384. The molecule has 1 fully saturated rings. The summed E-state index contributed by atoms with van der Waals surface area (Å²) in [7, 11) is 0. The number of pyridine rings is 1. The van der Waals surface area contributed by atoms with Crippen molar-refractivity contribution in [1.29, 1.82) is 0 Å². The van der Waals surface area contributed by atoms with Crippen LogP contribution >= 0.6 is 0 Å². The summed E-state index contributed by atoms with van der Waals surface area (Å²) in [5.74, 6) is 0.650. The summed E-state index contributed by atoms with van der Waals surface area (Å²) in [5, 5.41) is 14.0. The van der Waals surface area contributed by atoms with Gasteiger partial charge in [0.25, 0.3) is 0 Å². The maximum Gasteiger partial charge on any atom is 0.310 e. The van der Waals surface area contributed by atoms with Gasteiger partial charge in [0.1, 0.15) is 11.9 Å². The molecule has 1 saturated carbocycles. The van der Waals surface area contributed by atoms with Gasteiger partial charge in [0, 0.05) is 12.7 Å². The molecule has 0 amide bonds. The van der Waals surface area contributed by atoms with Crippen LogP contribution in [-0.2, 0) is 0 Å². The number of aromatic nitrogens is 1. The van der Waals surface area contributed by atoms with E-state index in [1.165, 1.54) is 38.3 Å². The molecule has 0 radical (unpaired) electrons. The number of nitro groups is 1. The van der Waals surface area contributed by atoms with Crippen molar-refractivity contribution in [2.24, 2.45) is 5.92 Å². The van der Waals surface area contributed by atoms with Crippen LogP contribution in [-0.4, -0.2) is 16.5 Å². The van der Waals surface area contributed by atoms with Gasteiger partial charge in [-0.2, -0.15) is 0 Å². The van der Waals surface area contributed by atoms with Crippen molar-refractivity contribution in [1.82, 2.24) is 4.98 Å². The number of rotatable bonds is 4. The van der Waals surface area contributed by atoms with E-state index in [9.17, 15) is 10.1 Å². The van der Waals surface area contributed by atoms with Gasteiger partial charge in [0.15, 0.2) is 0 Å². The van der Waals surface area contributed by atoms with Gasteiger partial charge in [-0.3, -0.25) is 15.1 Å². The lowest BCUT2D eigenvalue weighted by atomic mass is 9.89. The van der Waals surface area contributed by atoms with Gasteiger partial charge in [0.05, 0.1) is 4.92 Å². The Morgan fingerprint density at radius 2 is 2.18 bits per heavy atom. The molecule has 0 spiro atoms. The predicted molar refractivity (Wildman–Crippen MR) is 66.0 cm³/mol. The summed E-state index contributed by atoms with van der Waals surface area (Å²) in [6.07, 6.45) is 9.22. The molecule has 0 saturated heterocycles. The minimum Gasteiger partial charge on any atom is -0.379 e. The summed E-state index contributed by atoms with van der Waals surface area (Å²) in [4.78, 5) is 14.2. The molecule has 5 nitrogen and oxygen atoms in total. The molecule has 0 atom stereocenters. The quantitative estimate of drug-likeness (QED) is 0.643. The second-order valence-electron chi connectivity index (χ2n) is 4.53. The fourth-order valence-electron chi connectivity index (χ4n) is 2.33. The highest BCUT2D eigenvalue weighted by Crippen LogP contribution is 2.26. The lowest BCUT2D eigenvalue weighted by Gasteiger charge is -2.22. The van der Waals surface area contributed by atoms with Gasteiger partial charge >= 0.3 is 5.69 Å². The van der Waals surface area contributed by atoms with Gasteiger partial charge < -0.3 is 5.32 Å². The first kappa shape index (κ1) is 11.8. The first-order valence-corrected chi connectivity index (χ1v) is 6.09. The number of nitrogens with zero attached hydrogens (tertiary/aromatic N) is 2. The van der Waals surface area contributed by atoms with Crippen molar-refractivity contribution in [3.05, 3.63) is 28.6 Å². The third-order valence-electron chi connectivity index (χ3n) is 3.30. The van der Waals surface area contributed by atoms with E-state index in [1.54, 1.807) is 12.3 Å². The van der Waals surface area contributed by atoms with E-state index in [0.717, 1.165) is 6.54 Å². The molecule has 1 aromatic heterocycles. The average molecular weight is 235 g/mol. The Hall–Kier alpha value is -1.65. The first-order valence-electron chi connectivity index (χ1n) is 6.09. The minimum absolute atomic E-state index is 0.0586. The van der Waals surface area contributed by atoms with E-state index in [0.29, 0.717) is 11.6 Å². The maximum atomic E-state index is 10.8. The Morgan fingerprint density at radius 3 is 2.88 bits per heavy atom. The molecule has 1 aliphatic carbocycles. The zero-order valence-corrected chi connectivity index (χ0v) is 9.76. The fourth-order valence-corrected chi connectivity index (χ4v) is 2.33. The first-order chi connectivity index (χ1) is 8.27. The van der Waals surface area contributed by atoms with Crippen molar-refractivity contribution in [2.45, 2.75) is 32.1 Å². The Kier molecular flexibility index (Phi) is 3.90. The predicted octanol–water partition coefficient (Wildman–Crippen LogP) is 2.98. The van der Waals surface area contributed by atoms with Crippen LogP contribution in [0, 0.1) is 16.0 Å². The van der Waals surface area contributed by atoms with Crippen LogP contribution < -0.4 is 5.32 Å². The highest BCUT2D eigenvalue weighted by atomic mass is 16.6. The highest BCUT2D eigenvalue weighted by molar-refractivity contribution is 5.59. The molecular formula is C12H17N3O2. The van der Waals surface area contributed by atoms with E-state index >= 15 is 0 Å². The largest absolute Gasteiger partial charge is 0.379 e. The summed E-state index contributed by atoms with van der Waals surface area (Å²) in [6, 6.07) is 1.67.